The SMILES string of the molecule is Cc1ccccc1-c1ccccc1[C@H](C)O. The van der Waals surface area contributed by atoms with Gasteiger partial charge in [-0.25, -0.2) is 0 Å². The van der Waals surface area contributed by atoms with Gasteiger partial charge in [0, 0.05) is 0 Å². The second-order valence-corrected chi connectivity index (χ2v) is 4.08. The first kappa shape index (κ1) is 10.9. The highest BCUT2D eigenvalue weighted by atomic mass is 16.3. The molecule has 16 heavy (non-hydrogen) atoms. The number of benzene rings is 2. The summed E-state index contributed by atoms with van der Waals surface area (Å²) in [5, 5.41) is 9.76. The van der Waals surface area contributed by atoms with E-state index < -0.39 is 6.10 Å². The molecule has 0 heterocycles. The van der Waals surface area contributed by atoms with Gasteiger partial charge in [-0.15, -0.1) is 0 Å². The molecule has 0 amide bonds. The van der Waals surface area contributed by atoms with Crippen molar-refractivity contribution in [3.8, 4) is 11.1 Å². The van der Waals surface area contributed by atoms with Gasteiger partial charge in [-0.2, -0.15) is 0 Å². The molecular weight excluding hydrogens is 196 g/mol. The highest BCUT2D eigenvalue weighted by molar-refractivity contribution is 5.70. The minimum atomic E-state index is -0.434. The smallest absolute Gasteiger partial charge is 0.0767 e. The van der Waals surface area contributed by atoms with Crippen LogP contribution in [0.4, 0.5) is 0 Å². The number of hydrogen-bond donors (Lipinski definition) is 1. The first-order chi connectivity index (χ1) is 7.70. The van der Waals surface area contributed by atoms with Gasteiger partial charge >= 0.3 is 0 Å². The lowest BCUT2D eigenvalue weighted by molar-refractivity contribution is 0.200. The molecule has 0 aliphatic carbocycles. The molecule has 0 bridgehead atoms. The van der Waals surface area contributed by atoms with Gasteiger partial charge in [-0.3, -0.25) is 0 Å². The van der Waals surface area contributed by atoms with E-state index in [2.05, 4.69) is 25.1 Å². The monoisotopic (exact) mass is 212 g/mol. The molecule has 1 heteroatoms. The fourth-order valence-electron chi connectivity index (χ4n) is 1.98. The molecule has 1 atom stereocenters. The van der Waals surface area contributed by atoms with E-state index in [4.69, 9.17) is 0 Å². The van der Waals surface area contributed by atoms with E-state index in [1.54, 1.807) is 6.92 Å². The van der Waals surface area contributed by atoms with Gasteiger partial charge in [0.2, 0.25) is 0 Å². The summed E-state index contributed by atoms with van der Waals surface area (Å²) >= 11 is 0. The average molecular weight is 212 g/mol. The van der Waals surface area contributed by atoms with Crippen LogP contribution in [0.5, 0.6) is 0 Å². The second-order valence-electron chi connectivity index (χ2n) is 4.08. The lowest BCUT2D eigenvalue weighted by Crippen LogP contribution is -1.95. The van der Waals surface area contributed by atoms with Gasteiger partial charge in [0.15, 0.2) is 0 Å². The molecule has 2 aromatic carbocycles. The molecule has 1 nitrogen and oxygen atoms in total. The minimum Gasteiger partial charge on any atom is -0.389 e. The zero-order valence-corrected chi connectivity index (χ0v) is 9.64. The topological polar surface area (TPSA) is 20.2 Å². The second kappa shape index (κ2) is 4.50. The Kier molecular flexibility index (Phi) is 3.07. The van der Waals surface area contributed by atoms with Crippen molar-refractivity contribution in [2.45, 2.75) is 20.0 Å². The molecule has 0 radical (unpaired) electrons. The lowest BCUT2D eigenvalue weighted by Gasteiger charge is -2.13. The van der Waals surface area contributed by atoms with Crippen LogP contribution in [0.15, 0.2) is 48.5 Å². The summed E-state index contributed by atoms with van der Waals surface area (Å²) in [6.45, 7) is 3.89. The molecule has 0 saturated carbocycles. The average Bonchev–Trinajstić information content (AvgIpc) is 2.29. The highest BCUT2D eigenvalue weighted by Crippen LogP contribution is 2.29. The van der Waals surface area contributed by atoms with Crippen LogP contribution >= 0.6 is 0 Å². The summed E-state index contributed by atoms with van der Waals surface area (Å²) < 4.78 is 0. The zero-order valence-electron chi connectivity index (χ0n) is 9.64. The van der Waals surface area contributed by atoms with Crippen LogP contribution in [0.25, 0.3) is 11.1 Å². The number of aliphatic hydroxyl groups excluding tert-OH is 1. The molecule has 0 aliphatic heterocycles. The summed E-state index contributed by atoms with van der Waals surface area (Å²) in [6, 6.07) is 16.3. The summed E-state index contributed by atoms with van der Waals surface area (Å²) in [5.41, 5.74) is 4.53. The first-order valence-corrected chi connectivity index (χ1v) is 5.53. The van der Waals surface area contributed by atoms with Crippen LogP contribution in [0, 0.1) is 6.92 Å². The maximum Gasteiger partial charge on any atom is 0.0767 e. The molecule has 0 aliphatic rings. The predicted molar refractivity (Wildman–Crippen MR) is 67.2 cm³/mol. The third-order valence-corrected chi connectivity index (χ3v) is 2.85. The van der Waals surface area contributed by atoms with Crippen molar-refractivity contribution in [1.82, 2.24) is 0 Å². The molecule has 0 fully saturated rings. The fourth-order valence-corrected chi connectivity index (χ4v) is 1.98. The fraction of sp³-hybridized carbons (Fsp3) is 0.200. The van der Waals surface area contributed by atoms with Gasteiger partial charge in [0.25, 0.3) is 0 Å². The molecule has 0 saturated heterocycles. The van der Waals surface area contributed by atoms with Crippen molar-refractivity contribution < 1.29 is 5.11 Å². The standard InChI is InChI=1S/C15H16O/c1-11-7-3-4-8-13(11)15-10-6-5-9-14(15)12(2)16/h3-10,12,16H,1-2H3/t12-/m0/s1. The van der Waals surface area contributed by atoms with Crippen molar-refractivity contribution in [2.75, 3.05) is 0 Å². The van der Waals surface area contributed by atoms with Crippen LogP contribution in [0.1, 0.15) is 24.2 Å². The van der Waals surface area contributed by atoms with Gasteiger partial charge in [-0.1, -0.05) is 48.5 Å². The Morgan fingerprint density at radius 3 is 2.06 bits per heavy atom. The lowest BCUT2D eigenvalue weighted by atomic mass is 9.94. The Hall–Kier alpha value is -1.60. The van der Waals surface area contributed by atoms with Crippen LogP contribution in [-0.4, -0.2) is 5.11 Å². The van der Waals surface area contributed by atoms with E-state index in [-0.39, 0.29) is 0 Å². The van der Waals surface area contributed by atoms with Gasteiger partial charge in [0.1, 0.15) is 0 Å². The summed E-state index contributed by atoms with van der Waals surface area (Å²) in [7, 11) is 0. The maximum atomic E-state index is 9.76. The predicted octanol–water partition coefficient (Wildman–Crippen LogP) is 3.72. The quantitative estimate of drug-likeness (QED) is 0.804. The highest BCUT2D eigenvalue weighted by Gasteiger charge is 2.09. The minimum absolute atomic E-state index is 0.434. The van der Waals surface area contributed by atoms with Crippen molar-refractivity contribution >= 4 is 0 Å². The Morgan fingerprint density at radius 1 is 0.875 bits per heavy atom. The number of aliphatic hydroxyl groups is 1. The van der Waals surface area contributed by atoms with Crippen molar-refractivity contribution in [2.24, 2.45) is 0 Å². The number of aryl methyl sites for hydroxylation is 1. The maximum absolute atomic E-state index is 9.76. The Morgan fingerprint density at radius 2 is 1.44 bits per heavy atom. The summed E-state index contributed by atoms with van der Waals surface area (Å²) in [6.07, 6.45) is -0.434. The molecule has 1 N–H and O–H groups in total. The van der Waals surface area contributed by atoms with E-state index in [0.29, 0.717) is 0 Å². The van der Waals surface area contributed by atoms with Crippen molar-refractivity contribution in [3.05, 3.63) is 59.7 Å². The zero-order chi connectivity index (χ0) is 11.5. The van der Waals surface area contributed by atoms with Crippen LogP contribution in [0.2, 0.25) is 0 Å². The molecule has 0 aromatic heterocycles. The Labute approximate surface area is 96.4 Å². The molecule has 82 valence electrons. The summed E-state index contributed by atoms with van der Waals surface area (Å²) in [4.78, 5) is 0. The normalized spacial score (nSPS) is 12.4. The van der Waals surface area contributed by atoms with E-state index in [1.165, 1.54) is 11.1 Å². The van der Waals surface area contributed by atoms with E-state index in [1.807, 2.05) is 30.3 Å². The van der Waals surface area contributed by atoms with Crippen molar-refractivity contribution in [1.29, 1.82) is 0 Å². The summed E-state index contributed by atoms with van der Waals surface area (Å²) in [5.74, 6) is 0. The van der Waals surface area contributed by atoms with Crippen molar-refractivity contribution in [3.63, 3.8) is 0 Å². The van der Waals surface area contributed by atoms with E-state index in [9.17, 15) is 5.11 Å². The molecule has 2 aromatic rings. The molecule has 0 spiro atoms. The number of rotatable bonds is 2. The first-order valence-electron chi connectivity index (χ1n) is 5.53. The third-order valence-electron chi connectivity index (χ3n) is 2.85. The molecule has 0 unspecified atom stereocenters. The Bertz CT molecular complexity index is 486. The third kappa shape index (κ3) is 2.00. The van der Waals surface area contributed by atoms with E-state index >= 15 is 0 Å². The van der Waals surface area contributed by atoms with E-state index in [0.717, 1.165) is 11.1 Å². The van der Waals surface area contributed by atoms with Crippen LogP contribution in [-0.2, 0) is 0 Å². The molecule has 2 rings (SSSR count). The van der Waals surface area contributed by atoms with Gasteiger partial charge < -0.3 is 5.11 Å². The van der Waals surface area contributed by atoms with Gasteiger partial charge in [-0.05, 0) is 36.1 Å². The largest absolute Gasteiger partial charge is 0.389 e. The van der Waals surface area contributed by atoms with Crippen LogP contribution < -0.4 is 0 Å². The number of hydrogen-bond acceptors (Lipinski definition) is 1. The van der Waals surface area contributed by atoms with Crippen LogP contribution in [0.3, 0.4) is 0 Å². The van der Waals surface area contributed by atoms with Gasteiger partial charge in [0.05, 0.1) is 6.10 Å². The Balaban J connectivity index is 2.60. The molecular formula is C15H16O.